The predicted octanol–water partition coefficient (Wildman–Crippen LogP) is 4.03. The number of aliphatic hydroxyl groups excluding tert-OH is 1. The van der Waals surface area contributed by atoms with Crippen molar-refractivity contribution < 1.29 is 18.3 Å². The summed E-state index contributed by atoms with van der Waals surface area (Å²) in [5, 5.41) is 10.0. The van der Waals surface area contributed by atoms with Crippen LogP contribution in [0.25, 0.3) is 0 Å². The van der Waals surface area contributed by atoms with Crippen molar-refractivity contribution in [1.29, 1.82) is 0 Å². The molecule has 0 aliphatic carbocycles. The fraction of sp³-hybridized carbons (Fsp3) is 0.143. The third kappa shape index (κ3) is 3.49. The number of benzene rings is 2. The number of hydrogen-bond donors (Lipinski definition) is 1. The monoisotopic (exact) mass is 286 g/mol. The Morgan fingerprint density at radius 2 is 1.58 bits per heavy atom. The second-order valence-electron chi connectivity index (χ2n) is 4.16. The van der Waals surface area contributed by atoms with E-state index in [2.05, 4.69) is 0 Å². The third-order valence-electron chi connectivity index (χ3n) is 2.67. The van der Waals surface area contributed by atoms with Crippen LogP contribution in [0.5, 0.6) is 0 Å². The molecule has 0 aromatic heterocycles. The van der Waals surface area contributed by atoms with Crippen LogP contribution in [0.2, 0.25) is 5.02 Å². The first kappa shape index (κ1) is 13.9. The lowest BCUT2D eigenvalue weighted by molar-refractivity contribution is 0.178. The Morgan fingerprint density at radius 3 is 2.16 bits per heavy atom. The SMILES string of the molecule is OC(Cc1cc(F)cc(F)c1)c1ccc(F)cc1Cl. The van der Waals surface area contributed by atoms with E-state index in [0.717, 1.165) is 30.3 Å². The van der Waals surface area contributed by atoms with Crippen LogP contribution >= 0.6 is 11.6 Å². The van der Waals surface area contributed by atoms with Crippen molar-refractivity contribution in [3.8, 4) is 0 Å². The average molecular weight is 287 g/mol. The van der Waals surface area contributed by atoms with Crippen LogP contribution in [0, 0.1) is 17.5 Å². The van der Waals surface area contributed by atoms with Crippen molar-refractivity contribution in [3.63, 3.8) is 0 Å². The summed E-state index contributed by atoms with van der Waals surface area (Å²) in [6.45, 7) is 0. The van der Waals surface area contributed by atoms with Crippen molar-refractivity contribution in [3.05, 3.63) is 70.0 Å². The number of hydrogen-bond acceptors (Lipinski definition) is 1. The van der Waals surface area contributed by atoms with Crippen molar-refractivity contribution in [2.24, 2.45) is 0 Å². The van der Waals surface area contributed by atoms with Crippen LogP contribution in [0.4, 0.5) is 13.2 Å². The van der Waals surface area contributed by atoms with Crippen LogP contribution in [0.1, 0.15) is 17.2 Å². The molecule has 2 rings (SSSR count). The summed E-state index contributed by atoms with van der Waals surface area (Å²) in [5.41, 5.74) is 0.609. The maximum Gasteiger partial charge on any atom is 0.126 e. The van der Waals surface area contributed by atoms with Gasteiger partial charge in [-0.3, -0.25) is 0 Å². The molecule has 0 saturated carbocycles. The summed E-state index contributed by atoms with van der Waals surface area (Å²) in [6.07, 6.45) is -1.07. The molecule has 0 amide bonds. The molecular weight excluding hydrogens is 277 g/mol. The fourth-order valence-corrected chi connectivity index (χ4v) is 2.13. The summed E-state index contributed by atoms with van der Waals surface area (Å²) in [6, 6.07) is 6.59. The Kier molecular flexibility index (Phi) is 4.12. The summed E-state index contributed by atoms with van der Waals surface area (Å²) in [4.78, 5) is 0. The molecule has 0 aliphatic rings. The van der Waals surface area contributed by atoms with Crippen molar-refractivity contribution in [1.82, 2.24) is 0 Å². The summed E-state index contributed by atoms with van der Waals surface area (Å²) in [5.74, 6) is -1.95. The van der Waals surface area contributed by atoms with Gasteiger partial charge in [-0.2, -0.15) is 0 Å². The van der Waals surface area contributed by atoms with E-state index in [1.54, 1.807) is 0 Å². The Bertz CT molecular complexity index is 581. The maximum absolute atomic E-state index is 13.0. The van der Waals surface area contributed by atoms with Gasteiger partial charge in [0, 0.05) is 17.5 Å². The van der Waals surface area contributed by atoms with Gasteiger partial charge in [0.1, 0.15) is 17.5 Å². The van der Waals surface area contributed by atoms with E-state index in [1.165, 1.54) is 6.07 Å². The second-order valence-corrected chi connectivity index (χ2v) is 4.57. The van der Waals surface area contributed by atoms with Crippen LogP contribution in [-0.4, -0.2) is 5.11 Å². The first-order valence-electron chi connectivity index (χ1n) is 5.53. The van der Waals surface area contributed by atoms with Crippen molar-refractivity contribution in [2.75, 3.05) is 0 Å². The lowest BCUT2D eigenvalue weighted by Gasteiger charge is -2.13. The van der Waals surface area contributed by atoms with Gasteiger partial charge in [-0.15, -0.1) is 0 Å². The Morgan fingerprint density at radius 1 is 0.947 bits per heavy atom. The zero-order valence-corrected chi connectivity index (χ0v) is 10.5. The van der Waals surface area contributed by atoms with E-state index in [9.17, 15) is 18.3 Å². The van der Waals surface area contributed by atoms with Crippen molar-refractivity contribution in [2.45, 2.75) is 12.5 Å². The topological polar surface area (TPSA) is 20.2 Å². The molecule has 1 N–H and O–H groups in total. The highest BCUT2D eigenvalue weighted by molar-refractivity contribution is 6.31. The van der Waals surface area contributed by atoms with Crippen LogP contribution in [-0.2, 0) is 6.42 Å². The normalized spacial score (nSPS) is 12.5. The van der Waals surface area contributed by atoms with Gasteiger partial charge in [-0.25, -0.2) is 13.2 Å². The number of halogens is 4. The standard InChI is InChI=1S/C14H10ClF3O/c15-13-7-9(16)1-2-12(13)14(19)5-8-3-10(17)6-11(18)4-8/h1-4,6-7,14,19H,5H2. The molecule has 0 heterocycles. The molecule has 0 bridgehead atoms. The molecule has 5 heteroatoms. The van der Waals surface area contributed by atoms with E-state index < -0.39 is 23.6 Å². The van der Waals surface area contributed by atoms with E-state index in [-0.39, 0.29) is 11.4 Å². The Hall–Kier alpha value is -1.52. The third-order valence-corrected chi connectivity index (χ3v) is 3.00. The van der Waals surface area contributed by atoms with Gasteiger partial charge >= 0.3 is 0 Å². The molecule has 2 aromatic carbocycles. The van der Waals surface area contributed by atoms with E-state index >= 15 is 0 Å². The maximum atomic E-state index is 13.0. The lowest BCUT2D eigenvalue weighted by atomic mass is 10.0. The average Bonchev–Trinajstić information content (AvgIpc) is 2.26. The molecular formula is C14H10ClF3O. The van der Waals surface area contributed by atoms with Gasteiger partial charge in [0.05, 0.1) is 6.10 Å². The van der Waals surface area contributed by atoms with Crippen LogP contribution in [0.3, 0.4) is 0 Å². The molecule has 0 aliphatic heterocycles. The predicted molar refractivity (Wildman–Crippen MR) is 66.4 cm³/mol. The summed E-state index contributed by atoms with van der Waals surface area (Å²) >= 11 is 5.81. The quantitative estimate of drug-likeness (QED) is 0.903. The smallest absolute Gasteiger partial charge is 0.126 e. The zero-order valence-electron chi connectivity index (χ0n) is 9.71. The summed E-state index contributed by atoms with van der Waals surface area (Å²) in [7, 11) is 0. The molecule has 19 heavy (non-hydrogen) atoms. The molecule has 0 saturated heterocycles. The van der Waals surface area contributed by atoms with E-state index in [1.807, 2.05) is 0 Å². The summed E-state index contributed by atoms with van der Waals surface area (Å²) < 4.78 is 38.9. The molecule has 0 fully saturated rings. The minimum absolute atomic E-state index is 0.0139. The minimum atomic E-state index is -1.06. The lowest BCUT2D eigenvalue weighted by Crippen LogP contribution is -2.03. The molecule has 2 aromatic rings. The van der Waals surface area contributed by atoms with Crippen LogP contribution < -0.4 is 0 Å². The highest BCUT2D eigenvalue weighted by Gasteiger charge is 2.14. The second kappa shape index (κ2) is 5.63. The van der Waals surface area contributed by atoms with Gasteiger partial charge in [0.25, 0.3) is 0 Å². The number of aliphatic hydroxyl groups is 1. The largest absolute Gasteiger partial charge is 0.388 e. The first-order chi connectivity index (χ1) is 8.95. The first-order valence-corrected chi connectivity index (χ1v) is 5.91. The Labute approximate surface area is 113 Å². The molecule has 1 atom stereocenters. The van der Waals surface area contributed by atoms with Gasteiger partial charge in [-0.1, -0.05) is 17.7 Å². The van der Waals surface area contributed by atoms with Crippen molar-refractivity contribution >= 4 is 11.6 Å². The van der Waals surface area contributed by atoms with E-state index in [4.69, 9.17) is 11.6 Å². The van der Waals surface area contributed by atoms with Gasteiger partial charge in [0.2, 0.25) is 0 Å². The van der Waals surface area contributed by atoms with Gasteiger partial charge < -0.3 is 5.11 Å². The molecule has 0 radical (unpaired) electrons. The highest BCUT2D eigenvalue weighted by Crippen LogP contribution is 2.26. The molecule has 0 spiro atoms. The van der Waals surface area contributed by atoms with Crippen LogP contribution in [0.15, 0.2) is 36.4 Å². The minimum Gasteiger partial charge on any atom is -0.388 e. The molecule has 100 valence electrons. The molecule has 1 unspecified atom stereocenters. The number of rotatable bonds is 3. The highest BCUT2D eigenvalue weighted by atomic mass is 35.5. The van der Waals surface area contributed by atoms with Gasteiger partial charge in [-0.05, 0) is 35.4 Å². The zero-order chi connectivity index (χ0) is 14.0. The van der Waals surface area contributed by atoms with E-state index in [0.29, 0.717) is 11.1 Å². The molecule has 1 nitrogen and oxygen atoms in total. The fourth-order valence-electron chi connectivity index (χ4n) is 1.83. The van der Waals surface area contributed by atoms with Gasteiger partial charge in [0.15, 0.2) is 0 Å². The Balaban J connectivity index is 2.22.